The Hall–Kier alpha value is -3.22. The third kappa shape index (κ3) is 3.65. The summed E-state index contributed by atoms with van der Waals surface area (Å²) in [6.07, 6.45) is 2.83. The Bertz CT molecular complexity index is 895. The molecule has 0 bridgehead atoms. The number of carbonyl (C=O) groups excluding carboxylic acids is 1. The fourth-order valence-electron chi connectivity index (χ4n) is 2.33. The Kier molecular flexibility index (Phi) is 4.74. The number of amides is 1. The summed E-state index contributed by atoms with van der Waals surface area (Å²) >= 11 is 0. The van der Waals surface area contributed by atoms with Crippen molar-refractivity contribution in [3.8, 4) is 17.1 Å². The first-order valence-corrected chi connectivity index (χ1v) is 7.37. The standard InChI is InChI=1S/C18H14F2N2O3/c1-24-16-6-11(3-5-14(16)17-9-21-10-25-17)18(23)22-8-12-2-4-13(19)7-15(12)20/h2-7,9-10H,8H2,1H3,(H,22,23). The first kappa shape index (κ1) is 16.6. The van der Waals surface area contributed by atoms with Crippen LogP contribution in [0.25, 0.3) is 11.3 Å². The summed E-state index contributed by atoms with van der Waals surface area (Å²) in [6, 6.07) is 8.02. The fourth-order valence-corrected chi connectivity index (χ4v) is 2.33. The number of rotatable bonds is 5. The number of methoxy groups -OCH3 is 1. The molecule has 5 nitrogen and oxygen atoms in total. The second-order valence-corrected chi connectivity index (χ2v) is 5.20. The van der Waals surface area contributed by atoms with Crippen LogP contribution in [0.2, 0.25) is 0 Å². The number of benzene rings is 2. The minimum absolute atomic E-state index is 0.0584. The summed E-state index contributed by atoms with van der Waals surface area (Å²) in [5.74, 6) is -0.834. The van der Waals surface area contributed by atoms with Gasteiger partial charge in [0.05, 0.1) is 18.9 Å². The fraction of sp³-hybridized carbons (Fsp3) is 0.111. The van der Waals surface area contributed by atoms with E-state index in [4.69, 9.17) is 9.15 Å². The van der Waals surface area contributed by atoms with Crippen LogP contribution in [0.4, 0.5) is 8.78 Å². The Morgan fingerprint density at radius 1 is 1.24 bits per heavy atom. The quantitative estimate of drug-likeness (QED) is 0.769. The summed E-state index contributed by atoms with van der Waals surface area (Å²) in [6.45, 7) is -0.0584. The van der Waals surface area contributed by atoms with Crippen LogP contribution in [0.1, 0.15) is 15.9 Å². The molecule has 3 rings (SSSR count). The molecule has 3 aromatic rings. The van der Waals surface area contributed by atoms with Gasteiger partial charge in [0.15, 0.2) is 12.2 Å². The zero-order valence-corrected chi connectivity index (χ0v) is 13.3. The van der Waals surface area contributed by atoms with E-state index in [0.29, 0.717) is 22.6 Å². The van der Waals surface area contributed by atoms with Crippen molar-refractivity contribution in [3.05, 3.63) is 71.8 Å². The molecule has 128 valence electrons. The van der Waals surface area contributed by atoms with Crippen molar-refractivity contribution in [2.45, 2.75) is 6.54 Å². The molecule has 1 amide bonds. The average molecular weight is 344 g/mol. The molecule has 0 atom stereocenters. The highest BCUT2D eigenvalue weighted by atomic mass is 19.1. The van der Waals surface area contributed by atoms with E-state index >= 15 is 0 Å². The smallest absolute Gasteiger partial charge is 0.251 e. The maximum Gasteiger partial charge on any atom is 0.251 e. The van der Waals surface area contributed by atoms with Gasteiger partial charge in [0.2, 0.25) is 0 Å². The van der Waals surface area contributed by atoms with E-state index in [2.05, 4.69) is 10.3 Å². The maximum absolute atomic E-state index is 13.6. The van der Waals surface area contributed by atoms with Gasteiger partial charge in [0, 0.05) is 23.7 Å². The molecular weight excluding hydrogens is 330 g/mol. The van der Waals surface area contributed by atoms with Gasteiger partial charge in [-0.25, -0.2) is 13.8 Å². The second kappa shape index (κ2) is 7.12. The van der Waals surface area contributed by atoms with E-state index in [1.807, 2.05) is 0 Å². The Morgan fingerprint density at radius 3 is 2.76 bits per heavy atom. The van der Waals surface area contributed by atoms with Gasteiger partial charge in [0.25, 0.3) is 5.91 Å². The predicted molar refractivity (Wildman–Crippen MR) is 86.0 cm³/mol. The largest absolute Gasteiger partial charge is 0.496 e. The van der Waals surface area contributed by atoms with Crippen molar-refractivity contribution >= 4 is 5.91 Å². The topological polar surface area (TPSA) is 64.4 Å². The van der Waals surface area contributed by atoms with Gasteiger partial charge >= 0.3 is 0 Å². The van der Waals surface area contributed by atoms with Gasteiger partial charge < -0.3 is 14.5 Å². The highest BCUT2D eigenvalue weighted by Gasteiger charge is 2.14. The van der Waals surface area contributed by atoms with Crippen molar-refractivity contribution in [2.75, 3.05) is 7.11 Å². The zero-order chi connectivity index (χ0) is 17.8. The van der Waals surface area contributed by atoms with E-state index in [1.54, 1.807) is 18.2 Å². The lowest BCUT2D eigenvalue weighted by atomic mass is 10.1. The van der Waals surface area contributed by atoms with E-state index in [0.717, 1.165) is 12.1 Å². The molecule has 0 fully saturated rings. The average Bonchev–Trinajstić information content (AvgIpc) is 3.14. The minimum Gasteiger partial charge on any atom is -0.496 e. The molecule has 0 saturated carbocycles. The van der Waals surface area contributed by atoms with Gasteiger partial charge in [-0.15, -0.1) is 0 Å². The summed E-state index contributed by atoms with van der Waals surface area (Å²) in [5, 5.41) is 2.59. The summed E-state index contributed by atoms with van der Waals surface area (Å²) in [7, 11) is 1.48. The van der Waals surface area contributed by atoms with E-state index in [1.165, 1.54) is 25.8 Å². The van der Waals surface area contributed by atoms with Crippen LogP contribution < -0.4 is 10.1 Å². The number of carbonyl (C=O) groups is 1. The highest BCUT2D eigenvalue weighted by molar-refractivity contribution is 5.95. The van der Waals surface area contributed by atoms with E-state index < -0.39 is 17.5 Å². The zero-order valence-electron chi connectivity index (χ0n) is 13.3. The minimum atomic E-state index is -0.710. The molecule has 0 spiro atoms. The number of oxazole rings is 1. The Balaban J connectivity index is 1.76. The molecule has 1 heterocycles. The molecule has 0 radical (unpaired) electrons. The molecule has 0 aliphatic carbocycles. The van der Waals surface area contributed by atoms with Crippen LogP contribution in [0.15, 0.2) is 53.4 Å². The van der Waals surface area contributed by atoms with Gasteiger partial charge in [-0.1, -0.05) is 6.07 Å². The lowest BCUT2D eigenvalue weighted by molar-refractivity contribution is 0.0950. The molecule has 0 unspecified atom stereocenters. The predicted octanol–water partition coefficient (Wildman–Crippen LogP) is 3.56. The van der Waals surface area contributed by atoms with Crippen molar-refractivity contribution in [2.24, 2.45) is 0 Å². The normalized spacial score (nSPS) is 10.5. The lowest BCUT2D eigenvalue weighted by Crippen LogP contribution is -2.23. The van der Waals surface area contributed by atoms with E-state index in [-0.39, 0.29) is 12.1 Å². The number of nitrogens with zero attached hydrogens (tertiary/aromatic N) is 1. The molecule has 2 aromatic carbocycles. The first-order chi connectivity index (χ1) is 12.1. The SMILES string of the molecule is COc1cc(C(=O)NCc2ccc(F)cc2F)ccc1-c1cnco1. The molecule has 1 N–H and O–H groups in total. The molecule has 1 aromatic heterocycles. The van der Waals surface area contributed by atoms with Crippen molar-refractivity contribution in [3.63, 3.8) is 0 Å². The number of aromatic nitrogens is 1. The van der Waals surface area contributed by atoms with Crippen LogP contribution >= 0.6 is 0 Å². The highest BCUT2D eigenvalue weighted by Crippen LogP contribution is 2.30. The van der Waals surface area contributed by atoms with Crippen molar-refractivity contribution in [1.82, 2.24) is 10.3 Å². The van der Waals surface area contributed by atoms with Crippen LogP contribution in [0.5, 0.6) is 5.75 Å². The van der Waals surface area contributed by atoms with Gasteiger partial charge in [-0.3, -0.25) is 4.79 Å². The van der Waals surface area contributed by atoms with Crippen LogP contribution in [-0.4, -0.2) is 18.0 Å². The molecule has 0 aliphatic rings. The first-order valence-electron chi connectivity index (χ1n) is 7.37. The van der Waals surface area contributed by atoms with Gasteiger partial charge in [0.1, 0.15) is 17.4 Å². The molecule has 7 heteroatoms. The maximum atomic E-state index is 13.6. The number of ether oxygens (including phenoxy) is 1. The number of nitrogens with one attached hydrogen (secondary N) is 1. The van der Waals surface area contributed by atoms with Crippen molar-refractivity contribution < 1.29 is 22.7 Å². The summed E-state index contributed by atoms with van der Waals surface area (Å²) in [5.41, 5.74) is 1.18. The number of hydrogen-bond acceptors (Lipinski definition) is 4. The third-order valence-electron chi connectivity index (χ3n) is 3.62. The van der Waals surface area contributed by atoms with Crippen molar-refractivity contribution in [1.29, 1.82) is 0 Å². The second-order valence-electron chi connectivity index (χ2n) is 5.20. The Labute approximate surface area is 142 Å². The number of hydrogen-bond donors (Lipinski definition) is 1. The molecular formula is C18H14F2N2O3. The monoisotopic (exact) mass is 344 g/mol. The Morgan fingerprint density at radius 2 is 2.08 bits per heavy atom. The van der Waals surface area contributed by atoms with Crippen LogP contribution in [0, 0.1) is 11.6 Å². The molecule has 25 heavy (non-hydrogen) atoms. The third-order valence-corrected chi connectivity index (χ3v) is 3.62. The summed E-state index contributed by atoms with van der Waals surface area (Å²) < 4.78 is 37.0. The van der Waals surface area contributed by atoms with Gasteiger partial charge in [-0.05, 0) is 24.3 Å². The molecule has 0 saturated heterocycles. The lowest BCUT2D eigenvalue weighted by Gasteiger charge is -2.10. The van der Waals surface area contributed by atoms with Crippen LogP contribution in [0.3, 0.4) is 0 Å². The number of halogens is 2. The van der Waals surface area contributed by atoms with E-state index in [9.17, 15) is 13.6 Å². The van der Waals surface area contributed by atoms with Gasteiger partial charge in [-0.2, -0.15) is 0 Å². The summed E-state index contributed by atoms with van der Waals surface area (Å²) in [4.78, 5) is 16.1. The van der Waals surface area contributed by atoms with Crippen LogP contribution in [-0.2, 0) is 6.54 Å². The molecule has 0 aliphatic heterocycles.